The average molecular weight is 573 g/mol. The number of amides is 1. The zero-order valence-electron chi connectivity index (χ0n) is 26.0. The number of carbonyl (C=O) groups excluding carboxylic acids is 2. The molecule has 2 aromatic rings. The van der Waals surface area contributed by atoms with E-state index in [2.05, 4.69) is 30.5 Å². The second-order valence-electron chi connectivity index (χ2n) is 12.0. The number of thioether (sulfide) groups is 1. The van der Waals surface area contributed by atoms with Gasteiger partial charge in [0.1, 0.15) is 0 Å². The molecule has 2 aromatic carbocycles. The number of carboxylic acid groups (broad SMARTS) is 1. The van der Waals surface area contributed by atoms with Gasteiger partial charge in [0.2, 0.25) is 0 Å². The molecule has 1 saturated carbocycles. The van der Waals surface area contributed by atoms with Crippen molar-refractivity contribution in [3.63, 3.8) is 0 Å². The van der Waals surface area contributed by atoms with Crippen molar-refractivity contribution in [3.05, 3.63) is 59.2 Å². The van der Waals surface area contributed by atoms with Crippen molar-refractivity contribution >= 4 is 23.6 Å². The predicted octanol–water partition coefficient (Wildman–Crippen LogP) is 3.52. The Kier molecular flexibility index (Phi) is 16.2. The van der Waals surface area contributed by atoms with Crippen LogP contribution in [0.2, 0.25) is 0 Å². The minimum atomic E-state index is -1.25. The Hall–Kier alpha value is -1.71. The third-order valence-corrected chi connectivity index (χ3v) is 8.88. The molecule has 0 heterocycles. The summed E-state index contributed by atoms with van der Waals surface area (Å²) in [4.78, 5) is 25.1. The first kappa shape index (κ1) is 35.5. The van der Waals surface area contributed by atoms with Gasteiger partial charge in [-0.15, -0.1) is 0 Å². The summed E-state index contributed by atoms with van der Waals surface area (Å²) in [6.45, 7) is 7.38. The fraction of sp³-hybridized carbons (Fsp3) is 0.588. The first-order valence-electron chi connectivity index (χ1n) is 15.2. The molecule has 0 bridgehead atoms. The molecule has 7 heteroatoms. The fourth-order valence-electron chi connectivity index (χ4n) is 5.88. The van der Waals surface area contributed by atoms with Crippen LogP contribution >= 0.6 is 11.8 Å². The topological polar surface area (TPSA) is 81.3 Å². The van der Waals surface area contributed by atoms with Crippen LogP contribution in [-0.4, -0.2) is 36.0 Å². The quantitative estimate of drug-likeness (QED) is 0.301. The van der Waals surface area contributed by atoms with E-state index in [-0.39, 0.29) is 24.8 Å². The molecule has 2 atom stereocenters. The molecular formula is C34H49LiN2O3S. The fourth-order valence-corrected chi connectivity index (χ4v) is 6.35. The maximum absolute atomic E-state index is 13.4. The Labute approximate surface area is 264 Å². The number of aliphatic carboxylic acids is 1. The van der Waals surface area contributed by atoms with E-state index in [0.717, 1.165) is 40.6 Å². The van der Waals surface area contributed by atoms with Crippen LogP contribution in [0, 0.1) is 18.8 Å². The molecule has 5 nitrogen and oxygen atoms in total. The monoisotopic (exact) mass is 572 g/mol. The van der Waals surface area contributed by atoms with Crippen molar-refractivity contribution in [3.8, 4) is 11.1 Å². The second kappa shape index (κ2) is 18.7. The maximum atomic E-state index is 13.4. The van der Waals surface area contributed by atoms with Crippen molar-refractivity contribution in [2.24, 2.45) is 11.8 Å². The van der Waals surface area contributed by atoms with Crippen molar-refractivity contribution in [2.75, 3.05) is 12.0 Å². The molecule has 41 heavy (non-hydrogen) atoms. The maximum Gasteiger partial charge on any atom is 1.00 e. The zero-order chi connectivity index (χ0) is 28.9. The molecule has 1 amide bonds. The van der Waals surface area contributed by atoms with Gasteiger partial charge in [-0.2, -0.15) is 11.8 Å². The molecule has 3 rings (SSSR count). The summed E-state index contributed by atoms with van der Waals surface area (Å²) in [6, 6.07) is 13.5. The van der Waals surface area contributed by atoms with Gasteiger partial charge in [-0.1, -0.05) is 89.1 Å². The summed E-state index contributed by atoms with van der Waals surface area (Å²) in [5.41, 5.74) is 4.51. The van der Waals surface area contributed by atoms with Gasteiger partial charge in [0.05, 0.1) is 12.0 Å². The molecule has 2 N–H and O–H groups in total. The van der Waals surface area contributed by atoms with Crippen molar-refractivity contribution in [2.45, 2.75) is 104 Å². The van der Waals surface area contributed by atoms with Gasteiger partial charge >= 0.3 is 18.9 Å². The van der Waals surface area contributed by atoms with Gasteiger partial charge in [-0.05, 0) is 84.4 Å². The number of benzene rings is 2. The summed E-state index contributed by atoms with van der Waals surface area (Å²) < 4.78 is 0. The van der Waals surface area contributed by atoms with Gasteiger partial charge in [-0.25, -0.2) is 0 Å². The molecule has 1 aliphatic rings. The van der Waals surface area contributed by atoms with E-state index in [0.29, 0.717) is 23.8 Å². The van der Waals surface area contributed by atoms with Crippen LogP contribution in [-0.2, 0) is 11.3 Å². The number of rotatable bonds is 16. The molecule has 220 valence electrons. The minimum Gasteiger partial charge on any atom is -0.548 e. The minimum absolute atomic E-state index is 0. The Bertz CT molecular complexity index is 1090. The van der Waals surface area contributed by atoms with Crippen LogP contribution in [0.25, 0.3) is 11.1 Å². The Morgan fingerprint density at radius 2 is 1.73 bits per heavy atom. The van der Waals surface area contributed by atoms with E-state index in [4.69, 9.17) is 0 Å². The van der Waals surface area contributed by atoms with Crippen LogP contribution in [0.4, 0.5) is 0 Å². The number of carbonyl (C=O) groups is 2. The normalized spacial score (nSPS) is 15.2. The smallest absolute Gasteiger partial charge is 0.548 e. The molecule has 1 aliphatic carbocycles. The molecule has 0 aliphatic heterocycles. The van der Waals surface area contributed by atoms with Gasteiger partial charge < -0.3 is 20.5 Å². The Balaban J connectivity index is 0.00000588. The first-order chi connectivity index (χ1) is 19.3. The van der Waals surface area contributed by atoms with Gasteiger partial charge in [0.25, 0.3) is 5.91 Å². The summed E-state index contributed by atoms with van der Waals surface area (Å²) in [5, 5.41) is 18.3. The number of nitrogens with one attached hydrogen (secondary N) is 2. The van der Waals surface area contributed by atoms with E-state index < -0.39 is 12.0 Å². The van der Waals surface area contributed by atoms with Crippen LogP contribution in [0.5, 0.6) is 0 Å². The SMILES string of the molecule is CSCC[C@H](NC(=O)c1ccc(CN[C@H](CCCC(C)C)CC2CCCCC2)cc1-c1ccccc1C)C(=O)[O-].[Li+]. The summed E-state index contributed by atoms with van der Waals surface area (Å²) in [6.07, 6.45) is 14.0. The number of hydrogen-bond acceptors (Lipinski definition) is 5. The Morgan fingerprint density at radius 3 is 2.39 bits per heavy atom. The molecule has 0 aromatic heterocycles. The van der Waals surface area contributed by atoms with Crippen LogP contribution in [0.3, 0.4) is 0 Å². The van der Waals surface area contributed by atoms with E-state index >= 15 is 0 Å². The molecule has 0 radical (unpaired) electrons. The standard InChI is InChI=1S/C34H50N2O3S.Li/c1-24(2)11-10-15-28(21-26-13-6-5-7-14-26)35-23-27-17-18-30(31(22-27)29-16-9-8-12-25(29)3)33(37)36-32(34(38)39)19-20-40-4;/h8-9,12,16-18,22,24,26,28,32,35H,5-7,10-11,13-15,19-21,23H2,1-4H3,(H,36,37)(H,38,39);/q;+1/p-1/t28-,32+;/m1./s1. The zero-order valence-corrected chi connectivity index (χ0v) is 26.8. The average Bonchev–Trinajstić information content (AvgIpc) is 2.94. The number of hydrogen-bond donors (Lipinski definition) is 2. The van der Waals surface area contributed by atoms with Crippen LogP contribution in [0.15, 0.2) is 42.5 Å². The summed E-state index contributed by atoms with van der Waals surface area (Å²) in [7, 11) is 0. The number of carboxylic acids is 1. The van der Waals surface area contributed by atoms with Crippen molar-refractivity contribution in [1.82, 2.24) is 10.6 Å². The second-order valence-corrected chi connectivity index (χ2v) is 12.9. The molecule has 1 fully saturated rings. The third kappa shape index (κ3) is 11.8. The van der Waals surface area contributed by atoms with E-state index in [1.165, 1.54) is 57.8 Å². The third-order valence-electron chi connectivity index (χ3n) is 8.24. The van der Waals surface area contributed by atoms with Gasteiger partial charge in [0.15, 0.2) is 0 Å². The summed E-state index contributed by atoms with van der Waals surface area (Å²) >= 11 is 1.55. The van der Waals surface area contributed by atoms with E-state index in [9.17, 15) is 14.7 Å². The summed E-state index contributed by atoms with van der Waals surface area (Å²) in [5.74, 6) is 0.552. The van der Waals surface area contributed by atoms with Crippen LogP contribution in [0.1, 0.15) is 99.5 Å². The Morgan fingerprint density at radius 1 is 1.00 bits per heavy atom. The largest absolute Gasteiger partial charge is 1.00 e. The van der Waals surface area contributed by atoms with E-state index in [1.807, 2.05) is 49.6 Å². The molecule has 0 spiro atoms. The predicted molar refractivity (Wildman–Crippen MR) is 166 cm³/mol. The van der Waals surface area contributed by atoms with Gasteiger partial charge in [-0.3, -0.25) is 4.79 Å². The number of aryl methyl sites for hydroxylation is 1. The molecule has 0 unspecified atom stereocenters. The van der Waals surface area contributed by atoms with Gasteiger partial charge in [0, 0.05) is 18.2 Å². The van der Waals surface area contributed by atoms with E-state index in [1.54, 1.807) is 11.8 Å². The molecule has 0 saturated heterocycles. The van der Waals surface area contributed by atoms with Crippen LogP contribution < -0.4 is 34.6 Å². The molecular weight excluding hydrogens is 523 g/mol. The van der Waals surface area contributed by atoms with Crippen molar-refractivity contribution < 1.29 is 33.6 Å². The van der Waals surface area contributed by atoms with Crippen molar-refractivity contribution in [1.29, 1.82) is 0 Å². The first-order valence-corrected chi connectivity index (χ1v) is 16.6.